The van der Waals surface area contributed by atoms with Crippen molar-refractivity contribution in [1.82, 2.24) is 19.7 Å². The molecule has 1 aliphatic rings. The molecule has 6 nitrogen and oxygen atoms in total. The molecule has 25 heavy (non-hydrogen) atoms. The minimum atomic E-state index is -0.0704. The number of nitrogens with zero attached hydrogens (tertiary/aromatic N) is 3. The standard InChI is InChI=1S/C19H24N4O2/c1-21-8-7-17(15-21)13-18(24)22-9-11-23(12-10-22)19(25)20-14-16-5-3-2-4-6-16/h2-8,15H,9-14H2,1H3,(H,20,25). The van der Waals surface area contributed by atoms with Gasteiger partial charge >= 0.3 is 6.03 Å². The fourth-order valence-electron chi connectivity index (χ4n) is 3.00. The summed E-state index contributed by atoms with van der Waals surface area (Å²) in [4.78, 5) is 28.2. The van der Waals surface area contributed by atoms with Crippen molar-refractivity contribution in [2.24, 2.45) is 7.05 Å². The second-order valence-corrected chi connectivity index (χ2v) is 6.37. The van der Waals surface area contributed by atoms with Gasteiger partial charge in [0.15, 0.2) is 0 Å². The summed E-state index contributed by atoms with van der Waals surface area (Å²) in [7, 11) is 1.95. The second kappa shape index (κ2) is 7.88. The fraction of sp³-hybridized carbons (Fsp3) is 0.368. The van der Waals surface area contributed by atoms with Crippen LogP contribution in [0, 0.1) is 0 Å². The molecule has 1 aliphatic heterocycles. The van der Waals surface area contributed by atoms with Gasteiger partial charge in [-0.25, -0.2) is 4.79 Å². The normalized spacial score (nSPS) is 14.4. The van der Waals surface area contributed by atoms with Gasteiger partial charge < -0.3 is 19.7 Å². The van der Waals surface area contributed by atoms with Gasteiger partial charge in [-0.15, -0.1) is 0 Å². The molecule has 6 heteroatoms. The van der Waals surface area contributed by atoms with E-state index in [2.05, 4.69) is 5.32 Å². The summed E-state index contributed by atoms with van der Waals surface area (Å²) in [5, 5.41) is 2.94. The van der Waals surface area contributed by atoms with E-state index in [1.807, 2.05) is 65.3 Å². The number of hydrogen-bond donors (Lipinski definition) is 1. The summed E-state index contributed by atoms with van der Waals surface area (Å²) < 4.78 is 1.94. The highest BCUT2D eigenvalue weighted by Crippen LogP contribution is 2.08. The summed E-state index contributed by atoms with van der Waals surface area (Å²) in [6.45, 7) is 2.84. The Morgan fingerprint density at radius 2 is 1.64 bits per heavy atom. The number of aryl methyl sites for hydroxylation is 1. The molecule has 132 valence electrons. The third kappa shape index (κ3) is 4.62. The predicted octanol–water partition coefficient (Wildman–Crippen LogP) is 1.62. The number of carbonyl (C=O) groups is 2. The lowest BCUT2D eigenvalue weighted by molar-refractivity contribution is -0.131. The Morgan fingerprint density at radius 1 is 0.960 bits per heavy atom. The van der Waals surface area contributed by atoms with E-state index < -0.39 is 0 Å². The zero-order valence-electron chi connectivity index (χ0n) is 14.5. The van der Waals surface area contributed by atoms with Crippen molar-refractivity contribution in [3.8, 4) is 0 Å². The third-order valence-electron chi connectivity index (χ3n) is 4.45. The number of urea groups is 1. The molecular weight excluding hydrogens is 316 g/mol. The number of aromatic nitrogens is 1. The lowest BCUT2D eigenvalue weighted by Crippen LogP contribution is -2.53. The number of amides is 3. The van der Waals surface area contributed by atoms with Crippen molar-refractivity contribution < 1.29 is 9.59 Å². The zero-order valence-corrected chi connectivity index (χ0v) is 14.5. The van der Waals surface area contributed by atoms with E-state index in [1.54, 1.807) is 4.90 Å². The van der Waals surface area contributed by atoms with Crippen LogP contribution in [0.5, 0.6) is 0 Å². The average molecular weight is 340 g/mol. The minimum Gasteiger partial charge on any atom is -0.357 e. The molecule has 0 bridgehead atoms. The van der Waals surface area contributed by atoms with Crippen LogP contribution in [0.1, 0.15) is 11.1 Å². The van der Waals surface area contributed by atoms with Crippen LogP contribution in [-0.4, -0.2) is 52.5 Å². The Morgan fingerprint density at radius 3 is 2.28 bits per heavy atom. The first-order valence-corrected chi connectivity index (χ1v) is 8.57. The van der Waals surface area contributed by atoms with Gasteiger partial charge in [0.2, 0.25) is 5.91 Å². The van der Waals surface area contributed by atoms with E-state index in [1.165, 1.54) is 0 Å². The Hall–Kier alpha value is -2.76. The smallest absolute Gasteiger partial charge is 0.317 e. The number of piperazine rings is 1. The molecule has 0 atom stereocenters. The van der Waals surface area contributed by atoms with Crippen molar-refractivity contribution in [2.75, 3.05) is 26.2 Å². The summed E-state index contributed by atoms with van der Waals surface area (Å²) in [6.07, 6.45) is 4.32. The van der Waals surface area contributed by atoms with Crippen molar-refractivity contribution in [3.05, 3.63) is 59.9 Å². The van der Waals surface area contributed by atoms with E-state index in [0.29, 0.717) is 39.1 Å². The third-order valence-corrected chi connectivity index (χ3v) is 4.45. The first-order chi connectivity index (χ1) is 12.1. The Bertz CT molecular complexity index is 718. The van der Waals surface area contributed by atoms with Gasteiger partial charge in [-0.3, -0.25) is 4.79 Å². The van der Waals surface area contributed by atoms with Crippen LogP contribution in [0.25, 0.3) is 0 Å². The number of benzene rings is 1. The molecule has 2 heterocycles. The molecule has 0 radical (unpaired) electrons. The molecule has 1 saturated heterocycles. The van der Waals surface area contributed by atoms with E-state index in [0.717, 1.165) is 11.1 Å². The van der Waals surface area contributed by atoms with E-state index in [4.69, 9.17) is 0 Å². The van der Waals surface area contributed by atoms with Gasteiger partial charge in [-0.1, -0.05) is 30.3 Å². The summed E-state index contributed by atoms with van der Waals surface area (Å²) in [5.74, 6) is 0.121. The van der Waals surface area contributed by atoms with Gasteiger partial charge in [0, 0.05) is 52.2 Å². The number of carbonyl (C=O) groups excluding carboxylic acids is 2. The van der Waals surface area contributed by atoms with Crippen LogP contribution in [0.2, 0.25) is 0 Å². The molecular formula is C19H24N4O2. The maximum absolute atomic E-state index is 12.4. The van der Waals surface area contributed by atoms with Gasteiger partial charge in [0.25, 0.3) is 0 Å². The maximum atomic E-state index is 12.4. The van der Waals surface area contributed by atoms with Crippen LogP contribution in [0.15, 0.2) is 48.8 Å². The Balaban J connectivity index is 1.43. The van der Waals surface area contributed by atoms with Crippen molar-refractivity contribution in [1.29, 1.82) is 0 Å². The van der Waals surface area contributed by atoms with Crippen molar-refractivity contribution >= 4 is 11.9 Å². The first kappa shape index (κ1) is 17.1. The SMILES string of the molecule is Cn1ccc(CC(=O)N2CCN(C(=O)NCc3ccccc3)CC2)c1. The lowest BCUT2D eigenvalue weighted by atomic mass is 10.2. The molecule has 0 aliphatic carbocycles. The maximum Gasteiger partial charge on any atom is 0.317 e. The number of nitrogens with one attached hydrogen (secondary N) is 1. The molecule has 1 fully saturated rings. The molecule has 1 aromatic heterocycles. The predicted molar refractivity (Wildman–Crippen MR) is 95.9 cm³/mol. The molecule has 1 aromatic carbocycles. The van der Waals surface area contributed by atoms with Crippen LogP contribution >= 0.6 is 0 Å². The highest BCUT2D eigenvalue weighted by atomic mass is 16.2. The van der Waals surface area contributed by atoms with E-state index in [9.17, 15) is 9.59 Å². The minimum absolute atomic E-state index is 0.0704. The average Bonchev–Trinajstić information content (AvgIpc) is 3.05. The van der Waals surface area contributed by atoms with Gasteiger partial charge in [0.1, 0.15) is 0 Å². The van der Waals surface area contributed by atoms with Gasteiger partial charge in [-0.05, 0) is 17.2 Å². The first-order valence-electron chi connectivity index (χ1n) is 8.57. The molecule has 0 unspecified atom stereocenters. The van der Waals surface area contributed by atoms with Crippen molar-refractivity contribution in [2.45, 2.75) is 13.0 Å². The topological polar surface area (TPSA) is 57.6 Å². The largest absolute Gasteiger partial charge is 0.357 e. The Kier molecular flexibility index (Phi) is 5.38. The summed E-state index contributed by atoms with van der Waals surface area (Å²) in [6, 6.07) is 11.7. The van der Waals surface area contributed by atoms with Gasteiger partial charge in [-0.2, -0.15) is 0 Å². The number of hydrogen-bond acceptors (Lipinski definition) is 2. The van der Waals surface area contributed by atoms with Gasteiger partial charge in [0.05, 0.1) is 6.42 Å². The van der Waals surface area contributed by atoms with Crippen molar-refractivity contribution in [3.63, 3.8) is 0 Å². The molecule has 2 aromatic rings. The Labute approximate surface area is 148 Å². The van der Waals surface area contributed by atoms with Crippen LogP contribution in [0.3, 0.4) is 0 Å². The lowest BCUT2D eigenvalue weighted by Gasteiger charge is -2.34. The molecule has 3 amide bonds. The summed E-state index contributed by atoms with van der Waals surface area (Å²) in [5.41, 5.74) is 2.10. The van der Waals surface area contributed by atoms with E-state index in [-0.39, 0.29) is 11.9 Å². The highest BCUT2D eigenvalue weighted by molar-refractivity contribution is 5.79. The monoisotopic (exact) mass is 340 g/mol. The highest BCUT2D eigenvalue weighted by Gasteiger charge is 2.24. The summed E-state index contributed by atoms with van der Waals surface area (Å²) >= 11 is 0. The number of rotatable bonds is 4. The van der Waals surface area contributed by atoms with Crippen LogP contribution in [0.4, 0.5) is 4.79 Å². The molecule has 3 rings (SSSR count). The second-order valence-electron chi connectivity index (χ2n) is 6.37. The van der Waals surface area contributed by atoms with E-state index >= 15 is 0 Å². The fourth-order valence-corrected chi connectivity index (χ4v) is 3.00. The van der Waals surface area contributed by atoms with Crippen LogP contribution in [-0.2, 0) is 24.8 Å². The zero-order chi connectivity index (χ0) is 17.6. The molecule has 0 saturated carbocycles. The van der Waals surface area contributed by atoms with Crippen LogP contribution < -0.4 is 5.32 Å². The molecule has 1 N–H and O–H groups in total. The quantitative estimate of drug-likeness (QED) is 0.919. The molecule has 0 spiro atoms.